The smallest absolute Gasteiger partial charge is 0.0160 e. The van der Waals surface area contributed by atoms with Gasteiger partial charge in [0, 0.05) is 0 Å². The van der Waals surface area contributed by atoms with Gasteiger partial charge in [-0.1, -0.05) is 31.6 Å². The van der Waals surface area contributed by atoms with Crippen LogP contribution in [0, 0.1) is 11.8 Å². The van der Waals surface area contributed by atoms with E-state index in [1.54, 1.807) is 5.57 Å². The zero-order valence-corrected chi connectivity index (χ0v) is 7.22. The van der Waals surface area contributed by atoms with E-state index in [9.17, 15) is 0 Å². The van der Waals surface area contributed by atoms with Crippen molar-refractivity contribution in [3.63, 3.8) is 0 Å². The van der Waals surface area contributed by atoms with Crippen LogP contribution in [0.5, 0.6) is 0 Å². The summed E-state index contributed by atoms with van der Waals surface area (Å²) < 4.78 is 0. The molecule has 0 aromatic heterocycles. The van der Waals surface area contributed by atoms with Crippen molar-refractivity contribution in [2.45, 2.75) is 32.6 Å². The van der Waals surface area contributed by atoms with E-state index in [1.807, 2.05) is 0 Å². The van der Waals surface area contributed by atoms with Crippen molar-refractivity contribution in [1.82, 2.24) is 0 Å². The fourth-order valence-electron chi connectivity index (χ4n) is 2.29. The van der Waals surface area contributed by atoms with E-state index >= 15 is 0 Å². The van der Waals surface area contributed by atoms with Gasteiger partial charge in [0.1, 0.15) is 0 Å². The molecular weight excluding hydrogens is 132 g/mol. The molecule has 1 fully saturated rings. The molecule has 60 valence electrons. The Morgan fingerprint density at radius 3 is 2.82 bits per heavy atom. The summed E-state index contributed by atoms with van der Waals surface area (Å²) in [5, 5.41) is 0. The third-order valence-corrected chi connectivity index (χ3v) is 2.97. The van der Waals surface area contributed by atoms with Crippen LogP contribution in [0.25, 0.3) is 0 Å². The molecule has 2 unspecified atom stereocenters. The molecule has 0 spiro atoms. The molecule has 1 saturated carbocycles. The Kier molecular flexibility index (Phi) is 1.85. The van der Waals surface area contributed by atoms with E-state index in [0.29, 0.717) is 0 Å². The quantitative estimate of drug-likeness (QED) is 0.535. The third-order valence-electron chi connectivity index (χ3n) is 2.97. The van der Waals surface area contributed by atoms with Gasteiger partial charge in [0.05, 0.1) is 0 Å². The van der Waals surface area contributed by atoms with Crippen LogP contribution in [0.15, 0.2) is 23.8 Å². The molecule has 0 saturated heterocycles. The highest BCUT2D eigenvalue weighted by atomic mass is 14.3. The molecule has 0 aliphatic heterocycles. The van der Waals surface area contributed by atoms with E-state index in [2.05, 4.69) is 25.2 Å². The van der Waals surface area contributed by atoms with E-state index in [4.69, 9.17) is 0 Å². The van der Waals surface area contributed by atoms with Gasteiger partial charge in [-0.3, -0.25) is 0 Å². The lowest BCUT2D eigenvalue weighted by Gasteiger charge is -2.08. The molecule has 0 heteroatoms. The maximum absolute atomic E-state index is 2.39. The maximum Gasteiger partial charge on any atom is -0.0160 e. The lowest BCUT2D eigenvalue weighted by Crippen LogP contribution is -1.95. The SMILES string of the molecule is CC1CCC(C2=CCC=C2)C1. The fraction of sp³-hybridized carbons (Fsp3) is 0.636. The van der Waals surface area contributed by atoms with Crippen LogP contribution >= 0.6 is 0 Å². The Morgan fingerprint density at radius 2 is 2.27 bits per heavy atom. The zero-order valence-electron chi connectivity index (χ0n) is 7.22. The number of allylic oxidation sites excluding steroid dienone is 4. The molecule has 2 rings (SSSR count). The van der Waals surface area contributed by atoms with E-state index in [-0.39, 0.29) is 0 Å². The summed E-state index contributed by atoms with van der Waals surface area (Å²) in [6, 6.07) is 0. The number of hydrogen-bond donors (Lipinski definition) is 0. The van der Waals surface area contributed by atoms with Crippen molar-refractivity contribution < 1.29 is 0 Å². The minimum Gasteiger partial charge on any atom is -0.0805 e. The molecule has 0 bridgehead atoms. The topological polar surface area (TPSA) is 0 Å². The van der Waals surface area contributed by atoms with Gasteiger partial charge in [-0.25, -0.2) is 0 Å². The van der Waals surface area contributed by atoms with E-state index in [1.165, 1.54) is 25.7 Å². The molecule has 0 aromatic carbocycles. The van der Waals surface area contributed by atoms with Gasteiger partial charge in [0.15, 0.2) is 0 Å². The van der Waals surface area contributed by atoms with Crippen LogP contribution in [0.1, 0.15) is 32.6 Å². The average molecular weight is 148 g/mol. The lowest BCUT2D eigenvalue weighted by molar-refractivity contribution is 0.577. The Bertz CT molecular complexity index is 198. The van der Waals surface area contributed by atoms with Crippen LogP contribution in [0.2, 0.25) is 0 Å². The first-order chi connectivity index (χ1) is 5.36. The summed E-state index contributed by atoms with van der Waals surface area (Å²) in [6.45, 7) is 2.37. The second-order valence-electron chi connectivity index (χ2n) is 3.96. The summed E-state index contributed by atoms with van der Waals surface area (Å²) in [5.41, 5.74) is 1.62. The molecule has 2 aliphatic carbocycles. The predicted octanol–water partition coefficient (Wildman–Crippen LogP) is 3.31. The van der Waals surface area contributed by atoms with Crippen LogP contribution in [-0.2, 0) is 0 Å². The monoisotopic (exact) mass is 148 g/mol. The van der Waals surface area contributed by atoms with Crippen LogP contribution < -0.4 is 0 Å². The molecule has 2 atom stereocenters. The van der Waals surface area contributed by atoms with Gasteiger partial charge in [-0.05, 0) is 36.7 Å². The van der Waals surface area contributed by atoms with Crippen LogP contribution in [-0.4, -0.2) is 0 Å². The second-order valence-corrected chi connectivity index (χ2v) is 3.96. The molecule has 0 nitrogen and oxygen atoms in total. The van der Waals surface area contributed by atoms with Crippen molar-refractivity contribution in [2.75, 3.05) is 0 Å². The minimum absolute atomic E-state index is 0.906. The molecule has 0 amide bonds. The Labute approximate surface area is 69.0 Å². The van der Waals surface area contributed by atoms with Crippen LogP contribution in [0.4, 0.5) is 0 Å². The average Bonchev–Trinajstić information content (AvgIpc) is 2.55. The van der Waals surface area contributed by atoms with Crippen molar-refractivity contribution in [1.29, 1.82) is 0 Å². The normalized spacial score (nSPS) is 36.3. The summed E-state index contributed by atoms with van der Waals surface area (Å²) >= 11 is 0. The molecule has 0 heterocycles. The third kappa shape index (κ3) is 1.40. The molecular formula is C11H16. The van der Waals surface area contributed by atoms with Gasteiger partial charge in [0.2, 0.25) is 0 Å². The first kappa shape index (κ1) is 7.15. The standard InChI is InChI=1S/C11H16/c1-9-6-7-11(8-9)10-4-2-3-5-10/h2,4-5,9,11H,3,6-8H2,1H3. The second kappa shape index (κ2) is 2.84. The summed E-state index contributed by atoms with van der Waals surface area (Å²) in [4.78, 5) is 0. The maximum atomic E-state index is 2.39. The molecule has 11 heavy (non-hydrogen) atoms. The highest BCUT2D eigenvalue weighted by molar-refractivity contribution is 5.29. The highest BCUT2D eigenvalue weighted by Gasteiger charge is 2.23. The van der Waals surface area contributed by atoms with E-state index in [0.717, 1.165) is 11.8 Å². The molecule has 0 aromatic rings. The fourth-order valence-corrected chi connectivity index (χ4v) is 2.29. The Balaban J connectivity index is 2.01. The van der Waals surface area contributed by atoms with Crippen molar-refractivity contribution in [2.24, 2.45) is 11.8 Å². The van der Waals surface area contributed by atoms with Crippen LogP contribution in [0.3, 0.4) is 0 Å². The highest BCUT2D eigenvalue weighted by Crippen LogP contribution is 2.37. The van der Waals surface area contributed by atoms with Crippen molar-refractivity contribution in [3.8, 4) is 0 Å². The summed E-state index contributed by atoms with van der Waals surface area (Å²) in [7, 11) is 0. The zero-order chi connectivity index (χ0) is 7.68. The molecule has 0 radical (unpaired) electrons. The summed E-state index contributed by atoms with van der Waals surface area (Å²) in [5.74, 6) is 1.87. The Morgan fingerprint density at radius 1 is 1.36 bits per heavy atom. The van der Waals surface area contributed by atoms with Gasteiger partial charge in [0.25, 0.3) is 0 Å². The first-order valence-electron chi connectivity index (χ1n) is 4.73. The van der Waals surface area contributed by atoms with Gasteiger partial charge in [-0.2, -0.15) is 0 Å². The minimum atomic E-state index is 0.906. The van der Waals surface area contributed by atoms with Gasteiger partial charge in [-0.15, -0.1) is 0 Å². The summed E-state index contributed by atoms with van der Waals surface area (Å²) in [6.07, 6.45) is 12.5. The van der Waals surface area contributed by atoms with Gasteiger partial charge >= 0.3 is 0 Å². The number of hydrogen-bond acceptors (Lipinski definition) is 0. The first-order valence-corrected chi connectivity index (χ1v) is 4.73. The van der Waals surface area contributed by atoms with E-state index < -0.39 is 0 Å². The van der Waals surface area contributed by atoms with Gasteiger partial charge < -0.3 is 0 Å². The molecule has 0 N–H and O–H groups in total. The predicted molar refractivity (Wildman–Crippen MR) is 48.3 cm³/mol. The number of rotatable bonds is 1. The lowest BCUT2D eigenvalue weighted by atomic mass is 9.97. The Hall–Kier alpha value is -0.520. The van der Waals surface area contributed by atoms with Crippen molar-refractivity contribution >= 4 is 0 Å². The largest absolute Gasteiger partial charge is 0.0805 e. The molecule has 2 aliphatic rings. The van der Waals surface area contributed by atoms with Crippen molar-refractivity contribution in [3.05, 3.63) is 23.8 Å².